The van der Waals surface area contributed by atoms with Crippen LogP contribution in [0.1, 0.15) is 10.4 Å². The molecule has 0 spiro atoms. The van der Waals surface area contributed by atoms with E-state index in [2.05, 4.69) is 10.2 Å². The van der Waals surface area contributed by atoms with Gasteiger partial charge in [0.1, 0.15) is 18.7 Å². The molecule has 1 amide bonds. The molecule has 0 saturated heterocycles. The van der Waals surface area contributed by atoms with E-state index >= 15 is 0 Å². The summed E-state index contributed by atoms with van der Waals surface area (Å²) in [6, 6.07) is 10.7. The molecule has 3 aromatic rings. The van der Waals surface area contributed by atoms with Gasteiger partial charge in [0.2, 0.25) is 0 Å². The summed E-state index contributed by atoms with van der Waals surface area (Å²) >= 11 is 6.02. The first-order chi connectivity index (χ1) is 11.1. The second-order valence-corrected chi connectivity index (χ2v) is 5.43. The summed E-state index contributed by atoms with van der Waals surface area (Å²) in [5.74, 6) is 0.518. The third-order valence-corrected chi connectivity index (χ3v) is 3.72. The maximum absolute atomic E-state index is 12.4. The van der Waals surface area contributed by atoms with Crippen molar-refractivity contribution in [2.75, 3.05) is 20.2 Å². The van der Waals surface area contributed by atoms with Crippen LogP contribution < -0.4 is 4.74 Å². The van der Waals surface area contributed by atoms with E-state index < -0.39 is 0 Å². The molecule has 3 rings (SSSR count). The quantitative estimate of drug-likeness (QED) is 0.721. The lowest BCUT2D eigenvalue weighted by molar-refractivity contribution is 0.0773. The number of halogens is 1. The number of nitrogens with zero attached hydrogens (tertiary/aromatic N) is 4. The van der Waals surface area contributed by atoms with Crippen LogP contribution >= 0.6 is 11.6 Å². The Labute approximate surface area is 138 Å². The molecule has 0 fully saturated rings. The molecule has 0 atom stereocenters. The van der Waals surface area contributed by atoms with Gasteiger partial charge in [0, 0.05) is 13.2 Å². The standard InChI is InChI=1S/C16H15ClN4O2/c1-20(8-9-23-14-5-3-2-4-13(14)17)16(22)12-6-7-15-19-18-11-21(15)10-12/h2-7,10-11H,8-9H2,1H3. The summed E-state index contributed by atoms with van der Waals surface area (Å²) < 4.78 is 7.31. The number of rotatable bonds is 5. The monoisotopic (exact) mass is 330 g/mol. The van der Waals surface area contributed by atoms with Gasteiger partial charge >= 0.3 is 0 Å². The van der Waals surface area contributed by atoms with Crippen molar-refractivity contribution in [2.45, 2.75) is 0 Å². The fraction of sp³-hybridized carbons (Fsp3) is 0.188. The van der Waals surface area contributed by atoms with Crippen molar-refractivity contribution in [1.29, 1.82) is 0 Å². The number of carbonyl (C=O) groups excluding carboxylic acids is 1. The molecule has 0 unspecified atom stereocenters. The van der Waals surface area contributed by atoms with E-state index in [1.807, 2.05) is 12.1 Å². The largest absolute Gasteiger partial charge is 0.490 e. The van der Waals surface area contributed by atoms with Gasteiger partial charge in [0.15, 0.2) is 5.65 Å². The molecule has 23 heavy (non-hydrogen) atoms. The van der Waals surface area contributed by atoms with E-state index in [-0.39, 0.29) is 5.91 Å². The van der Waals surface area contributed by atoms with Crippen molar-refractivity contribution in [3.05, 3.63) is 59.5 Å². The Morgan fingerprint density at radius 1 is 1.30 bits per heavy atom. The molecule has 0 saturated carbocycles. The molecule has 118 valence electrons. The normalized spacial score (nSPS) is 10.7. The number of fused-ring (bicyclic) bond motifs is 1. The van der Waals surface area contributed by atoms with E-state index in [1.54, 1.807) is 53.1 Å². The highest BCUT2D eigenvalue weighted by Crippen LogP contribution is 2.22. The summed E-state index contributed by atoms with van der Waals surface area (Å²) in [5, 5.41) is 8.26. The molecule has 6 nitrogen and oxygen atoms in total. The predicted octanol–water partition coefficient (Wildman–Crippen LogP) is 2.53. The maximum Gasteiger partial charge on any atom is 0.255 e. The molecule has 0 N–H and O–H groups in total. The van der Waals surface area contributed by atoms with Gasteiger partial charge in [-0.1, -0.05) is 23.7 Å². The number of ether oxygens (including phenoxy) is 1. The zero-order valence-electron chi connectivity index (χ0n) is 12.5. The fourth-order valence-electron chi connectivity index (χ4n) is 2.13. The number of pyridine rings is 1. The van der Waals surface area contributed by atoms with Crippen molar-refractivity contribution in [3.8, 4) is 5.75 Å². The highest BCUT2D eigenvalue weighted by Gasteiger charge is 2.13. The van der Waals surface area contributed by atoms with Gasteiger partial charge in [-0.2, -0.15) is 0 Å². The van der Waals surface area contributed by atoms with E-state index in [1.165, 1.54) is 0 Å². The molecule has 0 radical (unpaired) electrons. The number of carbonyl (C=O) groups is 1. The summed E-state index contributed by atoms with van der Waals surface area (Å²) in [4.78, 5) is 14.0. The zero-order valence-corrected chi connectivity index (χ0v) is 13.3. The van der Waals surface area contributed by atoms with Crippen LogP contribution in [-0.2, 0) is 0 Å². The molecule has 0 aliphatic rings. The van der Waals surface area contributed by atoms with Crippen LogP contribution in [0.3, 0.4) is 0 Å². The van der Waals surface area contributed by atoms with Crippen molar-refractivity contribution in [2.24, 2.45) is 0 Å². The highest BCUT2D eigenvalue weighted by molar-refractivity contribution is 6.32. The number of aromatic nitrogens is 3. The van der Waals surface area contributed by atoms with Gasteiger partial charge in [0.25, 0.3) is 5.91 Å². The van der Waals surface area contributed by atoms with Crippen LogP contribution in [0, 0.1) is 0 Å². The first-order valence-corrected chi connectivity index (χ1v) is 7.45. The first-order valence-electron chi connectivity index (χ1n) is 7.07. The average Bonchev–Trinajstić information content (AvgIpc) is 3.03. The molecule has 0 aliphatic heterocycles. The van der Waals surface area contributed by atoms with E-state index in [0.717, 1.165) is 0 Å². The van der Waals surface area contributed by atoms with Crippen molar-refractivity contribution in [3.63, 3.8) is 0 Å². The van der Waals surface area contributed by atoms with Crippen LogP contribution in [0.4, 0.5) is 0 Å². The lowest BCUT2D eigenvalue weighted by Crippen LogP contribution is -2.31. The lowest BCUT2D eigenvalue weighted by atomic mass is 10.2. The number of benzene rings is 1. The zero-order chi connectivity index (χ0) is 16.2. The van der Waals surface area contributed by atoms with Crippen molar-refractivity contribution < 1.29 is 9.53 Å². The SMILES string of the molecule is CN(CCOc1ccccc1Cl)C(=O)c1ccc2nncn2c1. The number of amides is 1. The van der Waals surface area contributed by atoms with Gasteiger partial charge < -0.3 is 9.64 Å². The average molecular weight is 331 g/mol. The number of para-hydroxylation sites is 1. The number of hydrogen-bond donors (Lipinski definition) is 0. The number of likely N-dealkylation sites (N-methyl/N-ethyl adjacent to an activating group) is 1. The van der Waals surface area contributed by atoms with Crippen LogP contribution in [0.25, 0.3) is 5.65 Å². The fourth-order valence-corrected chi connectivity index (χ4v) is 2.32. The summed E-state index contributed by atoms with van der Waals surface area (Å²) in [7, 11) is 1.73. The smallest absolute Gasteiger partial charge is 0.255 e. The predicted molar refractivity (Wildman–Crippen MR) is 86.9 cm³/mol. The van der Waals surface area contributed by atoms with Gasteiger partial charge in [-0.15, -0.1) is 10.2 Å². The van der Waals surface area contributed by atoms with Gasteiger partial charge in [-0.05, 0) is 24.3 Å². The second-order valence-electron chi connectivity index (χ2n) is 5.02. The third-order valence-electron chi connectivity index (χ3n) is 3.41. The Morgan fingerprint density at radius 2 is 2.13 bits per heavy atom. The van der Waals surface area contributed by atoms with Crippen LogP contribution in [-0.4, -0.2) is 45.6 Å². The summed E-state index contributed by atoms with van der Waals surface area (Å²) in [5.41, 5.74) is 1.27. The molecule has 1 aromatic carbocycles. The Hall–Kier alpha value is -2.60. The third kappa shape index (κ3) is 3.43. The summed E-state index contributed by atoms with van der Waals surface area (Å²) in [6.07, 6.45) is 3.27. The highest BCUT2D eigenvalue weighted by atomic mass is 35.5. The lowest BCUT2D eigenvalue weighted by Gasteiger charge is -2.18. The van der Waals surface area contributed by atoms with E-state index in [4.69, 9.17) is 16.3 Å². The first kappa shape index (κ1) is 15.3. The molecule has 0 aliphatic carbocycles. The Balaban J connectivity index is 1.60. The van der Waals surface area contributed by atoms with Crippen LogP contribution in [0.15, 0.2) is 48.9 Å². The maximum atomic E-state index is 12.4. The molecule has 2 aromatic heterocycles. The van der Waals surface area contributed by atoms with E-state index in [9.17, 15) is 4.79 Å². The number of hydrogen-bond acceptors (Lipinski definition) is 4. The van der Waals surface area contributed by atoms with Gasteiger partial charge in [-0.25, -0.2) is 0 Å². The minimum Gasteiger partial charge on any atom is -0.490 e. The Kier molecular flexibility index (Phi) is 4.43. The molecule has 2 heterocycles. The van der Waals surface area contributed by atoms with E-state index in [0.29, 0.717) is 35.1 Å². The molecular formula is C16H15ClN4O2. The Bertz CT molecular complexity index is 834. The van der Waals surface area contributed by atoms with Crippen molar-refractivity contribution in [1.82, 2.24) is 19.5 Å². The summed E-state index contributed by atoms with van der Waals surface area (Å²) in [6.45, 7) is 0.811. The topological polar surface area (TPSA) is 59.7 Å². The van der Waals surface area contributed by atoms with Crippen LogP contribution in [0.5, 0.6) is 5.75 Å². The van der Waals surface area contributed by atoms with Gasteiger partial charge in [0.05, 0.1) is 17.1 Å². The Morgan fingerprint density at radius 3 is 2.96 bits per heavy atom. The molecule has 0 bridgehead atoms. The second kappa shape index (κ2) is 6.66. The minimum atomic E-state index is -0.0941. The molecule has 7 heteroatoms. The van der Waals surface area contributed by atoms with Gasteiger partial charge in [-0.3, -0.25) is 9.20 Å². The minimum absolute atomic E-state index is 0.0941. The van der Waals surface area contributed by atoms with Crippen molar-refractivity contribution >= 4 is 23.2 Å². The van der Waals surface area contributed by atoms with Crippen LogP contribution in [0.2, 0.25) is 5.02 Å². The molecular weight excluding hydrogens is 316 g/mol.